The predicted octanol–water partition coefficient (Wildman–Crippen LogP) is 2.47. The molecule has 0 aliphatic heterocycles. The number of halogens is 2. The van der Waals surface area contributed by atoms with Gasteiger partial charge in [0.05, 0.1) is 24.0 Å². The molecule has 0 aliphatic rings. The lowest BCUT2D eigenvalue weighted by atomic mass is 10.2. The van der Waals surface area contributed by atoms with Crippen molar-refractivity contribution in [2.45, 2.75) is 6.42 Å². The molecule has 0 amide bonds. The average Bonchev–Trinajstić information content (AvgIpc) is 2.20. The van der Waals surface area contributed by atoms with Crippen LogP contribution in [0.15, 0.2) is 18.2 Å². The van der Waals surface area contributed by atoms with Crippen LogP contribution >= 0.6 is 0 Å². The monoisotopic (exact) mass is 196 g/mol. The van der Waals surface area contributed by atoms with Gasteiger partial charge in [-0.25, -0.2) is 4.39 Å². The zero-order chi connectivity index (χ0) is 10.4. The quantitative estimate of drug-likeness (QED) is 0.751. The van der Waals surface area contributed by atoms with Gasteiger partial charge in [0.1, 0.15) is 5.82 Å². The van der Waals surface area contributed by atoms with Gasteiger partial charge in [-0.1, -0.05) is 0 Å². The molecular weight excluding hydrogens is 186 g/mol. The Kier molecular flexibility index (Phi) is 3.86. The van der Waals surface area contributed by atoms with Gasteiger partial charge in [-0.15, -0.1) is 0 Å². The zero-order valence-electron chi connectivity index (χ0n) is 7.56. The van der Waals surface area contributed by atoms with Crippen LogP contribution in [-0.2, 0) is 0 Å². The van der Waals surface area contributed by atoms with Crippen LogP contribution < -0.4 is 5.32 Å². The Labute approximate surface area is 81.2 Å². The van der Waals surface area contributed by atoms with Crippen molar-refractivity contribution in [1.82, 2.24) is 0 Å². The molecule has 1 N–H and O–H groups in total. The minimum atomic E-state index is -0.483. The summed E-state index contributed by atoms with van der Waals surface area (Å²) in [5, 5.41) is 11.2. The van der Waals surface area contributed by atoms with Crippen molar-refractivity contribution in [2.75, 3.05) is 18.5 Å². The van der Waals surface area contributed by atoms with Gasteiger partial charge in [-0.05, 0) is 24.6 Å². The third-order valence-corrected chi connectivity index (χ3v) is 1.72. The van der Waals surface area contributed by atoms with Crippen molar-refractivity contribution < 1.29 is 8.78 Å². The Balaban J connectivity index is 2.65. The van der Waals surface area contributed by atoms with Crippen LogP contribution in [0.1, 0.15) is 12.0 Å². The van der Waals surface area contributed by atoms with Crippen LogP contribution in [0.25, 0.3) is 0 Å². The summed E-state index contributed by atoms with van der Waals surface area (Å²) in [4.78, 5) is 0. The van der Waals surface area contributed by atoms with E-state index in [1.54, 1.807) is 0 Å². The number of nitriles is 1. The second-order valence-electron chi connectivity index (χ2n) is 2.78. The highest BCUT2D eigenvalue weighted by Crippen LogP contribution is 2.14. The molecule has 4 heteroatoms. The number of rotatable bonds is 4. The second-order valence-corrected chi connectivity index (χ2v) is 2.78. The first-order valence-electron chi connectivity index (χ1n) is 4.27. The maximum absolute atomic E-state index is 13.2. The number of alkyl halides is 1. The highest BCUT2D eigenvalue weighted by atomic mass is 19.1. The Hall–Kier alpha value is -1.63. The molecule has 0 aromatic heterocycles. The molecule has 2 nitrogen and oxygen atoms in total. The summed E-state index contributed by atoms with van der Waals surface area (Å²) in [6.07, 6.45) is 0.347. The summed E-state index contributed by atoms with van der Waals surface area (Å²) in [5.74, 6) is -0.483. The molecule has 0 saturated carbocycles. The normalized spacial score (nSPS) is 9.50. The fraction of sp³-hybridized carbons (Fsp3) is 0.300. The van der Waals surface area contributed by atoms with Gasteiger partial charge in [-0.3, -0.25) is 4.39 Å². The first-order valence-corrected chi connectivity index (χ1v) is 4.27. The van der Waals surface area contributed by atoms with E-state index in [0.717, 1.165) is 6.07 Å². The van der Waals surface area contributed by atoms with E-state index in [9.17, 15) is 8.78 Å². The van der Waals surface area contributed by atoms with Crippen LogP contribution in [0, 0.1) is 17.1 Å². The number of nitrogens with one attached hydrogen (secondary N) is 1. The second kappa shape index (κ2) is 5.18. The Morgan fingerprint density at radius 3 is 2.79 bits per heavy atom. The standard InChI is InChI=1S/C10H10F2N2/c11-4-1-5-14-10-3-2-8(7-13)6-9(10)12/h2-3,6,14H,1,4-5H2. The molecule has 1 aromatic rings. The molecule has 0 unspecified atom stereocenters. The molecule has 0 bridgehead atoms. The van der Waals surface area contributed by atoms with Crippen LogP contribution in [0.3, 0.4) is 0 Å². The van der Waals surface area contributed by atoms with E-state index in [4.69, 9.17) is 5.26 Å². The average molecular weight is 196 g/mol. The van der Waals surface area contributed by atoms with E-state index in [2.05, 4.69) is 5.32 Å². The van der Waals surface area contributed by atoms with Gasteiger partial charge in [0.15, 0.2) is 0 Å². The molecule has 0 atom stereocenters. The predicted molar refractivity (Wildman–Crippen MR) is 50.2 cm³/mol. The van der Waals surface area contributed by atoms with Crippen molar-refractivity contribution in [3.05, 3.63) is 29.6 Å². The molecule has 14 heavy (non-hydrogen) atoms. The third kappa shape index (κ3) is 2.70. The summed E-state index contributed by atoms with van der Waals surface area (Å²) in [6.45, 7) is -0.0375. The molecule has 0 radical (unpaired) electrons. The maximum Gasteiger partial charge on any atom is 0.147 e. The molecule has 0 saturated heterocycles. The number of hydrogen-bond acceptors (Lipinski definition) is 2. The molecule has 0 aliphatic carbocycles. The lowest BCUT2D eigenvalue weighted by molar-refractivity contribution is 0.480. The zero-order valence-corrected chi connectivity index (χ0v) is 7.56. The number of hydrogen-bond donors (Lipinski definition) is 1. The third-order valence-electron chi connectivity index (χ3n) is 1.72. The number of anilines is 1. The summed E-state index contributed by atoms with van der Waals surface area (Å²) < 4.78 is 24.9. The first-order chi connectivity index (χ1) is 6.77. The van der Waals surface area contributed by atoms with Crippen molar-refractivity contribution in [2.24, 2.45) is 0 Å². The Morgan fingerprint density at radius 2 is 2.21 bits per heavy atom. The van der Waals surface area contributed by atoms with Gasteiger partial charge in [0.2, 0.25) is 0 Å². The van der Waals surface area contributed by atoms with Gasteiger partial charge >= 0.3 is 0 Å². The number of benzene rings is 1. The van der Waals surface area contributed by atoms with Crippen molar-refractivity contribution in [3.63, 3.8) is 0 Å². The Bertz CT molecular complexity index is 344. The van der Waals surface area contributed by atoms with Crippen LogP contribution in [-0.4, -0.2) is 13.2 Å². The molecule has 1 aromatic carbocycles. The van der Waals surface area contributed by atoms with E-state index in [-0.39, 0.29) is 5.56 Å². The smallest absolute Gasteiger partial charge is 0.147 e. The van der Waals surface area contributed by atoms with Crippen LogP contribution in [0.2, 0.25) is 0 Å². The lowest BCUT2D eigenvalue weighted by Gasteiger charge is -2.05. The van der Waals surface area contributed by atoms with E-state index in [0.29, 0.717) is 18.7 Å². The maximum atomic E-state index is 13.2. The lowest BCUT2D eigenvalue weighted by Crippen LogP contribution is -2.04. The van der Waals surface area contributed by atoms with Crippen molar-refractivity contribution >= 4 is 5.69 Å². The summed E-state index contributed by atoms with van der Waals surface area (Å²) in [6, 6.07) is 5.98. The van der Waals surface area contributed by atoms with E-state index < -0.39 is 12.5 Å². The van der Waals surface area contributed by atoms with Crippen LogP contribution in [0.5, 0.6) is 0 Å². The topological polar surface area (TPSA) is 35.8 Å². The van der Waals surface area contributed by atoms with E-state index in [1.807, 2.05) is 6.07 Å². The first kappa shape index (κ1) is 10.5. The van der Waals surface area contributed by atoms with Gasteiger partial charge in [0, 0.05) is 6.54 Å². The molecule has 0 fully saturated rings. The van der Waals surface area contributed by atoms with Crippen LogP contribution in [0.4, 0.5) is 14.5 Å². The fourth-order valence-electron chi connectivity index (χ4n) is 1.02. The molecule has 74 valence electrons. The van der Waals surface area contributed by atoms with E-state index >= 15 is 0 Å². The summed E-state index contributed by atoms with van der Waals surface area (Å²) in [7, 11) is 0. The van der Waals surface area contributed by atoms with Gasteiger partial charge in [-0.2, -0.15) is 5.26 Å². The van der Waals surface area contributed by atoms with E-state index in [1.165, 1.54) is 12.1 Å². The largest absolute Gasteiger partial charge is 0.383 e. The van der Waals surface area contributed by atoms with Crippen molar-refractivity contribution in [3.8, 4) is 6.07 Å². The molecule has 1 rings (SSSR count). The van der Waals surface area contributed by atoms with Crippen molar-refractivity contribution in [1.29, 1.82) is 5.26 Å². The SMILES string of the molecule is N#Cc1ccc(NCCCF)c(F)c1. The number of nitrogens with zero attached hydrogens (tertiary/aromatic N) is 1. The molecule has 0 spiro atoms. The summed E-state index contributed by atoms with van der Waals surface area (Å²) >= 11 is 0. The molecule has 0 heterocycles. The van der Waals surface area contributed by atoms with Gasteiger partial charge in [0.25, 0.3) is 0 Å². The minimum Gasteiger partial charge on any atom is -0.383 e. The minimum absolute atomic E-state index is 0.276. The molecular formula is C10H10F2N2. The van der Waals surface area contributed by atoms with Gasteiger partial charge < -0.3 is 5.32 Å². The summed E-state index contributed by atoms with van der Waals surface area (Å²) in [5.41, 5.74) is 0.580. The highest BCUT2D eigenvalue weighted by Gasteiger charge is 2.01. The fourth-order valence-corrected chi connectivity index (χ4v) is 1.02. The Morgan fingerprint density at radius 1 is 1.43 bits per heavy atom. The highest BCUT2D eigenvalue weighted by molar-refractivity contribution is 5.48.